The van der Waals surface area contributed by atoms with Crippen LogP contribution in [0.5, 0.6) is 11.5 Å². The van der Waals surface area contributed by atoms with E-state index < -0.39 is 6.16 Å². The second-order valence-electron chi connectivity index (χ2n) is 2.88. The van der Waals surface area contributed by atoms with Crippen LogP contribution in [-0.2, 0) is 4.74 Å². The van der Waals surface area contributed by atoms with Crippen LogP contribution in [0.4, 0.5) is 4.79 Å². The molecule has 0 spiro atoms. The molecule has 0 aliphatic carbocycles. The molecule has 4 heteroatoms. The fourth-order valence-corrected chi connectivity index (χ4v) is 0.976. The van der Waals surface area contributed by atoms with Gasteiger partial charge in [0.2, 0.25) is 0 Å². The number of carbonyl (C=O) groups is 1. The molecule has 0 fully saturated rings. The molecular formula is C11H14O4. The van der Waals surface area contributed by atoms with Crippen molar-refractivity contribution >= 4 is 6.16 Å². The number of rotatable bonds is 4. The predicted molar refractivity (Wildman–Crippen MR) is 55.3 cm³/mol. The van der Waals surface area contributed by atoms with Crippen molar-refractivity contribution in [1.82, 2.24) is 0 Å². The molecule has 0 aliphatic rings. The Morgan fingerprint density at radius 3 is 2.73 bits per heavy atom. The van der Waals surface area contributed by atoms with Crippen LogP contribution < -0.4 is 9.47 Å². The third-order valence-corrected chi connectivity index (χ3v) is 1.67. The Labute approximate surface area is 88.8 Å². The van der Waals surface area contributed by atoms with E-state index >= 15 is 0 Å². The van der Waals surface area contributed by atoms with E-state index in [4.69, 9.17) is 14.2 Å². The van der Waals surface area contributed by atoms with Crippen LogP contribution in [0.25, 0.3) is 0 Å². The molecule has 1 aromatic carbocycles. The fraction of sp³-hybridized carbons (Fsp3) is 0.364. The second kappa shape index (κ2) is 5.90. The fourth-order valence-electron chi connectivity index (χ4n) is 0.976. The Hall–Kier alpha value is -1.71. The molecule has 0 atom stereocenters. The van der Waals surface area contributed by atoms with Crippen LogP contribution in [0.3, 0.4) is 0 Å². The summed E-state index contributed by atoms with van der Waals surface area (Å²) in [5.41, 5.74) is 0. The van der Waals surface area contributed by atoms with Gasteiger partial charge >= 0.3 is 6.16 Å². The van der Waals surface area contributed by atoms with E-state index in [-0.39, 0.29) is 0 Å². The molecule has 0 N–H and O–H groups in total. The Kier molecular flexibility index (Phi) is 4.47. The molecule has 1 aromatic rings. The molecule has 0 aromatic heterocycles. The minimum absolute atomic E-state index is 0.364. The number of hydrogen-bond donors (Lipinski definition) is 0. The Bertz CT molecular complexity index is 322. The van der Waals surface area contributed by atoms with Gasteiger partial charge in [-0.3, -0.25) is 0 Å². The molecule has 0 heterocycles. The summed E-state index contributed by atoms with van der Waals surface area (Å²) in [7, 11) is 1.55. The molecule has 0 radical (unpaired) electrons. The summed E-state index contributed by atoms with van der Waals surface area (Å²) < 4.78 is 14.7. The zero-order valence-electron chi connectivity index (χ0n) is 8.86. The van der Waals surface area contributed by atoms with Crippen LogP contribution in [-0.4, -0.2) is 19.9 Å². The van der Waals surface area contributed by atoms with Crippen molar-refractivity contribution in [1.29, 1.82) is 0 Å². The maximum absolute atomic E-state index is 11.1. The van der Waals surface area contributed by atoms with Crippen molar-refractivity contribution in [2.75, 3.05) is 13.7 Å². The lowest BCUT2D eigenvalue weighted by molar-refractivity contribution is 0.0991. The third-order valence-electron chi connectivity index (χ3n) is 1.67. The highest BCUT2D eigenvalue weighted by Gasteiger charge is 2.05. The van der Waals surface area contributed by atoms with Gasteiger partial charge in [-0.2, -0.15) is 0 Å². The van der Waals surface area contributed by atoms with E-state index in [1.54, 1.807) is 31.4 Å². The van der Waals surface area contributed by atoms with E-state index in [2.05, 4.69) is 0 Å². The average molecular weight is 210 g/mol. The lowest BCUT2D eigenvalue weighted by Crippen LogP contribution is -2.10. The maximum atomic E-state index is 11.1. The van der Waals surface area contributed by atoms with Crippen molar-refractivity contribution in [3.63, 3.8) is 0 Å². The number of ether oxygens (including phenoxy) is 3. The van der Waals surface area contributed by atoms with Crippen LogP contribution >= 0.6 is 0 Å². The number of carbonyl (C=O) groups excluding carboxylic acids is 1. The summed E-state index contributed by atoms with van der Waals surface area (Å²) >= 11 is 0. The van der Waals surface area contributed by atoms with Gasteiger partial charge in [0.15, 0.2) is 0 Å². The molecule has 0 unspecified atom stereocenters. The van der Waals surface area contributed by atoms with Crippen molar-refractivity contribution in [2.45, 2.75) is 13.3 Å². The SMILES string of the molecule is CCCOC(=O)Oc1cccc(OC)c1. The van der Waals surface area contributed by atoms with E-state index in [9.17, 15) is 4.79 Å². The molecule has 15 heavy (non-hydrogen) atoms. The summed E-state index contributed by atoms with van der Waals surface area (Å²) in [5.74, 6) is 1.05. The molecule has 0 aliphatic heterocycles. The van der Waals surface area contributed by atoms with E-state index in [1.165, 1.54) is 0 Å². The molecular weight excluding hydrogens is 196 g/mol. The highest BCUT2D eigenvalue weighted by molar-refractivity contribution is 5.63. The normalized spacial score (nSPS) is 9.47. The summed E-state index contributed by atoms with van der Waals surface area (Å²) in [4.78, 5) is 11.1. The Balaban J connectivity index is 2.52. The molecule has 0 bridgehead atoms. The minimum Gasteiger partial charge on any atom is -0.497 e. The Morgan fingerprint density at radius 1 is 1.33 bits per heavy atom. The smallest absolute Gasteiger partial charge is 0.497 e. The third kappa shape index (κ3) is 3.89. The predicted octanol–water partition coefficient (Wildman–Crippen LogP) is 2.62. The quantitative estimate of drug-likeness (QED) is 0.566. The number of methoxy groups -OCH3 is 1. The van der Waals surface area contributed by atoms with Gasteiger partial charge in [0.25, 0.3) is 0 Å². The lowest BCUT2D eigenvalue weighted by Gasteiger charge is -2.05. The zero-order chi connectivity index (χ0) is 11.1. The van der Waals surface area contributed by atoms with Gasteiger partial charge in [0.05, 0.1) is 13.7 Å². The van der Waals surface area contributed by atoms with Gasteiger partial charge in [0, 0.05) is 6.07 Å². The average Bonchev–Trinajstić information content (AvgIpc) is 2.26. The van der Waals surface area contributed by atoms with Gasteiger partial charge in [-0.15, -0.1) is 0 Å². The molecule has 0 saturated carbocycles. The first-order valence-electron chi connectivity index (χ1n) is 4.75. The van der Waals surface area contributed by atoms with Crippen LogP contribution in [0.2, 0.25) is 0 Å². The highest BCUT2D eigenvalue weighted by atomic mass is 16.7. The topological polar surface area (TPSA) is 44.8 Å². The first-order chi connectivity index (χ1) is 7.26. The standard InChI is InChI=1S/C11H14O4/c1-3-7-14-11(12)15-10-6-4-5-9(8-10)13-2/h4-6,8H,3,7H2,1-2H3. The van der Waals surface area contributed by atoms with Crippen molar-refractivity contribution in [3.8, 4) is 11.5 Å². The van der Waals surface area contributed by atoms with Gasteiger partial charge in [-0.25, -0.2) is 4.79 Å². The van der Waals surface area contributed by atoms with Gasteiger partial charge in [-0.1, -0.05) is 13.0 Å². The summed E-state index contributed by atoms with van der Waals surface area (Å²) in [6.07, 6.45) is 0.0813. The number of hydrogen-bond acceptors (Lipinski definition) is 4. The highest BCUT2D eigenvalue weighted by Crippen LogP contribution is 2.19. The van der Waals surface area contributed by atoms with Crippen LogP contribution in [0.1, 0.15) is 13.3 Å². The molecule has 0 saturated heterocycles. The van der Waals surface area contributed by atoms with Crippen molar-refractivity contribution in [2.24, 2.45) is 0 Å². The zero-order valence-corrected chi connectivity index (χ0v) is 8.86. The van der Waals surface area contributed by atoms with Crippen molar-refractivity contribution < 1.29 is 19.0 Å². The summed E-state index contributed by atoms with van der Waals surface area (Å²) in [5, 5.41) is 0. The van der Waals surface area contributed by atoms with E-state index in [1.807, 2.05) is 6.92 Å². The summed E-state index contributed by atoms with van der Waals surface area (Å²) in [6, 6.07) is 6.79. The largest absolute Gasteiger partial charge is 0.513 e. The molecule has 1 rings (SSSR count). The summed E-state index contributed by atoms with van der Waals surface area (Å²) in [6.45, 7) is 2.28. The first kappa shape index (κ1) is 11.4. The first-order valence-corrected chi connectivity index (χ1v) is 4.75. The van der Waals surface area contributed by atoms with Gasteiger partial charge in [0.1, 0.15) is 11.5 Å². The van der Waals surface area contributed by atoms with Gasteiger partial charge in [-0.05, 0) is 18.6 Å². The molecule has 82 valence electrons. The van der Waals surface area contributed by atoms with Crippen molar-refractivity contribution in [3.05, 3.63) is 24.3 Å². The minimum atomic E-state index is -0.690. The lowest BCUT2D eigenvalue weighted by atomic mass is 10.3. The van der Waals surface area contributed by atoms with Gasteiger partial charge < -0.3 is 14.2 Å². The van der Waals surface area contributed by atoms with Crippen LogP contribution in [0.15, 0.2) is 24.3 Å². The molecule has 4 nitrogen and oxygen atoms in total. The van der Waals surface area contributed by atoms with Crippen LogP contribution in [0, 0.1) is 0 Å². The van der Waals surface area contributed by atoms with E-state index in [0.29, 0.717) is 18.1 Å². The maximum Gasteiger partial charge on any atom is 0.513 e. The Morgan fingerprint density at radius 2 is 2.07 bits per heavy atom. The monoisotopic (exact) mass is 210 g/mol. The molecule has 0 amide bonds. The van der Waals surface area contributed by atoms with E-state index in [0.717, 1.165) is 6.42 Å². The number of benzene rings is 1. The second-order valence-corrected chi connectivity index (χ2v) is 2.88.